The number of hydrogen-bond acceptors (Lipinski definition) is 0. The van der Waals surface area contributed by atoms with E-state index in [-0.39, 0.29) is 18.9 Å². The third kappa shape index (κ3) is 2.73. The molecule has 0 saturated carbocycles. The third-order valence-corrected chi connectivity index (χ3v) is 3.74. The van der Waals surface area contributed by atoms with Gasteiger partial charge in [0.05, 0.1) is 0 Å². The van der Waals surface area contributed by atoms with Gasteiger partial charge in [0.2, 0.25) is 0 Å². The molecule has 20 heavy (non-hydrogen) atoms. The molecule has 96 valence electrons. The molecule has 0 radical (unpaired) electrons. The fourth-order valence-electron chi connectivity index (χ4n) is 2.68. The Balaban J connectivity index is 0.00000147. The van der Waals surface area contributed by atoms with Gasteiger partial charge in [-0.1, -0.05) is 61.4 Å². The van der Waals surface area contributed by atoms with Gasteiger partial charge in [-0.2, -0.15) is 6.07 Å². The molecular weight excluding hydrogens is 235 g/mol. The molecule has 0 N–H and O–H groups in total. The predicted octanol–water partition coefficient (Wildman–Crippen LogP) is 2.66. The van der Waals surface area contributed by atoms with E-state index >= 15 is 0 Å². The first kappa shape index (κ1) is 15.0. The Kier molecular flexibility index (Phi) is 4.48. The summed E-state index contributed by atoms with van der Waals surface area (Å²) >= 11 is 0. The number of hydrogen-bond donors (Lipinski definition) is 0. The summed E-state index contributed by atoms with van der Waals surface area (Å²) in [5.41, 5.74) is 5.41. The Morgan fingerprint density at radius 3 is 2.30 bits per heavy atom. The average molecular weight is 254 g/mol. The van der Waals surface area contributed by atoms with E-state index in [0.29, 0.717) is 5.92 Å². The predicted molar refractivity (Wildman–Crippen MR) is 83.8 cm³/mol. The van der Waals surface area contributed by atoms with Gasteiger partial charge < -0.3 is 0 Å². The second kappa shape index (κ2) is 5.96. The number of benzene rings is 2. The first-order valence-electron chi connectivity index (χ1n) is 6.91. The van der Waals surface area contributed by atoms with Crippen LogP contribution in [0.2, 0.25) is 0 Å². The molecule has 0 aliphatic heterocycles. The van der Waals surface area contributed by atoms with Gasteiger partial charge >= 0.3 is 18.9 Å². The second-order valence-corrected chi connectivity index (χ2v) is 5.62. The molecule has 0 unspecified atom stereocenters. The van der Waals surface area contributed by atoms with Gasteiger partial charge in [-0.15, -0.1) is 28.5 Å². The summed E-state index contributed by atoms with van der Waals surface area (Å²) in [6.45, 7) is 6.68. The molecule has 0 bridgehead atoms. The summed E-state index contributed by atoms with van der Waals surface area (Å²) in [4.78, 5) is 0. The Hall–Kier alpha value is -1.35. The molecule has 0 heterocycles. The van der Waals surface area contributed by atoms with Crippen molar-refractivity contribution in [1.29, 1.82) is 0 Å². The standard InChI is InChI=1S/C19H19.Li/c1-13(2)16-11-17-9-14(3)10-18(19(17)12-16)15-7-5-4-6-8-15;/h4-13H,1-3H3;/q-1;+1. The maximum atomic E-state index is 2.35. The molecule has 0 aromatic heterocycles. The molecule has 3 aromatic rings. The summed E-state index contributed by atoms with van der Waals surface area (Å²) in [7, 11) is 0. The van der Waals surface area contributed by atoms with Crippen molar-refractivity contribution in [1.82, 2.24) is 0 Å². The van der Waals surface area contributed by atoms with Crippen LogP contribution in [-0.4, -0.2) is 0 Å². The van der Waals surface area contributed by atoms with Crippen molar-refractivity contribution in [2.75, 3.05) is 0 Å². The molecular formula is C19H19Li. The first-order valence-corrected chi connectivity index (χ1v) is 6.91. The minimum atomic E-state index is 0. The number of rotatable bonds is 2. The maximum Gasteiger partial charge on any atom is 1.00 e. The van der Waals surface area contributed by atoms with Crippen molar-refractivity contribution in [2.24, 2.45) is 0 Å². The quantitative estimate of drug-likeness (QED) is 0.487. The fraction of sp³-hybridized carbons (Fsp3) is 0.211. The van der Waals surface area contributed by atoms with Gasteiger partial charge in [0.15, 0.2) is 0 Å². The summed E-state index contributed by atoms with van der Waals surface area (Å²) in [5, 5.41) is 2.74. The third-order valence-electron chi connectivity index (χ3n) is 3.74. The Morgan fingerprint density at radius 2 is 1.65 bits per heavy atom. The Labute approximate surface area is 133 Å². The van der Waals surface area contributed by atoms with Gasteiger partial charge in [-0.05, 0) is 18.4 Å². The fourth-order valence-corrected chi connectivity index (χ4v) is 2.68. The van der Waals surface area contributed by atoms with Crippen molar-refractivity contribution >= 4 is 10.8 Å². The zero-order chi connectivity index (χ0) is 13.4. The molecule has 0 aliphatic rings. The number of aryl methyl sites for hydroxylation is 1. The minimum Gasteiger partial charge on any atom is -0.164 e. The zero-order valence-electron chi connectivity index (χ0n) is 12.8. The summed E-state index contributed by atoms with van der Waals surface area (Å²) in [5.74, 6) is 0.580. The largest absolute Gasteiger partial charge is 1.00 e. The van der Waals surface area contributed by atoms with Gasteiger partial charge in [0.25, 0.3) is 0 Å². The molecule has 0 spiro atoms. The van der Waals surface area contributed by atoms with Crippen molar-refractivity contribution in [2.45, 2.75) is 26.7 Å². The van der Waals surface area contributed by atoms with Gasteiger partial charge in [0.1, 0.15) is 0 Å². The summed E-state index contributed by atoms with van der Waals surface area (Å²) < 4.78 is 0. The SMILES string of the molecule is Cc1cc(-c2ccccc2)c2cc(C(C)C)[cH-]c2c1.[Li+]. The number of fused-ring (bicyclic) bond motifs is 1. The van der Waals surface area contributed by atoms with Gasteiger partial charge in [-0.3, -0.25) is 0 Å². The van der Waals surface area contributed by atoms with Crippen LogP contribution in [0.25, 0.3) is 21.9 Å². The van der Waals surface area contributed by atoms with E-state index in [2.05, 4.69) is 75.4 Å². The first-order chi connectivity index (χ1) is 9.15. The van der Waals surface area contributed by atoms with Crippen LogP contribution >= 0.6 is 0 Å². The molecule has 0 saturated heterocycles. The van der Waals surface area contributed by atoms with E-state index in [4.69, 9.17) is 0 Å². The molecule has 0 aliphatic carbocycles. The topological polar surface area (TPSA) is 0 Å². The molecule has 0 amide bonds. The van der Waals surface area contributed by atoms with Crippen molar-refractivity contribution in [3.8, 4) is 11.1 Å². The molecule has 0 fully saturated rings. The van der Waals surface area contributed by atoms with Crippen LogP contribution in [-0.2, 0) is 0 Å². The van der Waals surface area contributed by atoms with Crippen LogP contribution in [0, 0.1) is 6.92 Å². The minimum absolute atomic E-state index is 0. The van der Waals surface area contributed by atoms with Crippen LogP contribution < -0.4 is 18.9 Å². The van der Waals surface area contributed by atoms with Crippen LogP contribution in [0.4, 0.5) is 0 Å². The van der Waals surface area contributed by atoms with Crippen LogP contribution in [0.1, 0.15) is 30.9 Å². The Bertz CT molecular complexity index is 705. The smallest absolute Gasteiger partial charge is 0.164 e. The van der Waals surface area contributed by atoms with Crippen LogP contribution in [0.3, 0.4) is 0 Å². The average Bonchev–Trinajstić information content (AvgIpc) is 2.82. The van der Waals surface area contributed by atoms with Crippen LogP contribution in [0.15, 0.2) is 54.6 Å². The van der Waals surface area contributed by atoms with Crippen molar-refractivity contribution < 1.29 is 18.9 Å². The summed E-state index contributed by atoms with van der Waals surface area (Å²) in [6, 6.07) is 19.9. The second-order valence-electron chi connectivity index (χ2n) is 5.62. The van der Waals surface area contributed by atoms with E-state index in [9.17, 15) is 0 Å². The van der Waals surface area contributed by atoms with Gasteiger partial charge in [0, 0.05) is 0 Å². The Morgan fingerprint density at radius 1 is 0.950 bits per heavy atom. The summed E-state index contributed by atoms with van der Waals surface area (Å²) in [6.07, 6.45) is 0. The van der Waals surface area contributed by atoms with Gasteiger partial charge in [-0.25, -0.2) is 0 Å². The molecule has 0 nitrogen and oxygen atoms in total. The molecule has 3 rings (SSSR count). The normalized spacial score (nSPS) is 10.8. The van der Waals surface area contributed by atoms with E-state index < -0.39 is 0 Å². The maximum absolute atomic E-state index is 2.35. The molecule has 0 atom stereocenters. The van der Waals surface area contributed by atoms with E-state index in [1.165, 1.54) is 33.0 Å². The molecule has 3 aromatic carbocycles. The van der Waals surface area contributed by atoms with E-state index in [1.807, 2.05) is 0 Å². The van der Waals surface area contributed by atoms with Crippen molar-refractivity contribution in [3.63, 3.8) is 0 Å². The van der Waals surface area contributed by atoms with Crippen LogP contribution in [0.5, 0.6) is 0 Å². The van der Waals surface area contributed by atoms with E-state index in [0.717, 1.165) is 0 Å². The molecule has 1 heteroatoms. The van der Waals surface area contributed by atoms with Crippen molar-refractivity contribution in [3.05, 3.63) is 65.7 Å². The van der Waals surface area contributed by atoms with E-state index in [1.54, 1.807) is 0 Å². The zero-order valence-corrected chi connectivity index (χ0v) is 12.8. The monoisotopic (exact) mass is 254 g/mol.